The molecule has 0 radical (unpaired) electrons. The fourth-order valence-electron chi connectivity index (χ4n) is 2.26. The van der Waals surface area contributed by atoms with Crippen LogP contribution in [0.25, 0.3) is 10.9 Å². The molecule has 0 amide bonds. The highest BCUT2D eigenvalue weighted by Gasteiger charge is 2.13. The molecule has 0 bridgehead atoms. The van der Waals surface area contributed by atoms with Gasteiger partial charge in [0.15, 0.2) is 11.9 Å². The molecule has 0 N–H and O–H groups in total. The van der Waals surface area contributed by atoms with Crippen molar-refractivity contribution in [3.05, 3.63) is 36.5 Å². The van der Waals surface area contributed by atoms with Crippen LogP contribution in [-0.2, 0) is 6.54 Å². The molecule has 0 saturated heterocycles. The minimum atomic E-state index is 0. The highest BCUT2D eigenvalue weighted by Crippen LogP contribution is 2.22. The van der Waals surface area contributed by atoms with E-state index in [0.29, 0.717) is 0 Å². The SMILES string of the molecule is CCCCOc1cccc2ccc[n+](CCCC)c12.[Br-]. The van der Waals surface area contributed by atoms with E-state index in [4.69, 9.17) is 4.74 Å². The molecule has 1 heterocycles. The molecule has 0 aliphatic rings. The number of hydrogen-bond donors (Lipinski definition) is 0. The molecule has 0 spiro atoms. The number of hydrogen-bond acceptors (Lipinski definition) is 1. The summed E-state index contributed by atoms with van der Waals surface area (Å²) in [6.45, 7) is 6.28. The Morgan fingerprint density at radius 1 is 1.00 bits per heavy atom. The molecule has 3 heteroatoms. The lowest BCUT2D eigenvalue weighted by Gasteiger charge is -2.08. The number of ether oxygens (including phenoxy) is 1. The third kappa shape index (κ3) is 4.20. The number of aromatic nitrogens is 1. The van der Waals surface area contributed by atoms with Crippen molar-refractivity contribution in [3.63, 3.8) is 0 Å². The normalized spacial score (nSPS) is 10.3. The van der Waals surface area contributed by atoms with Gasteiger partial charge in [0.2, 0.25) is 0 Å². The van der Waals surface area contributed by atoms with Crippen LogP contribution < -0.4 is 26.3 Å². The van der Waals surface area contributed by atoms with Gasteiger partial charge in [-0.05, 0) is 24.6 Å². The van der Waals surface area contributed by atoms with E-state index < -0.39 is 0 Å². The van der Waals surface area contributed by atoms with Gasteiger partial charge in [-0.3, -0.25) is 0 Å². The number of fused-ring (bicyclic) bond motifs is 1. The van der Waals surface area contributed by atoms with Crippen LogP contribution in [0.4, 0.5) is 0 Å². The third-order valence-corrected chi connectivity index (χ3v) is 3.37. The van der Waals surface area contributed by atoms with E-state index in [1.54, 1.807) is 0 Å². The summed E-state index contributed by atoms with van der Waals surface area (Å²) in [5.41, 5.74) is 1.23. The molecule has 110 valence electrons. The van der Waals surface area contributed by atoms with E-state index in [1.807, 2.05) is 0 Å². The van der Waals surface area contributed by atoms with E-state index in [2.05, 4.69) is 54.9 Å². The zero-order valence-corrected chi connectivity index (χ0v) is 14.0. The number of unbranched alkanes of at least 4 members (excludes halogenated alkanes) is 2. The van der Waals surface area contributed by atoms with Gasteiger partial charge in [0.05, 0.1) is 12.0 Å². The average Bonchev–Trinajstić information content (AvgIpc) is 2.45. The first-order valence-electron chi connectivity index (χ1n) is 7.40. The number of nitrogens with zero attached hydrogens (tertiary/aromatic N) is 1. The summed E-state index contributed by atoms with van der Waals surface area (Å²) >= 11 is 0. The molecule has 2 nitrogen and oxygen atoms in total. The van der Waals surface area contributed by atoms with Gasteiger partial charge in [-0.25, -0.2) is 0 Å². The van der Waals surface area contributed by atoms with Gasteiger partial charge in [0, 0.05) is 12.5 Å². The summed E-state index contributed by atoms with van der Waals surface area (Å²) in [5.74, 6) is 1.02. The van der Waals surface area contributed by atoms with Crippen LogP contribution in [-0.4, -0.2) is 6.61 Å². The highest BCUT2D eigenvalue weighted by molar-refractivity contribution is 5.81. The fraction of sp³-hybridized carbons (Fsp3) is 0.471. The average molecular weight is 338 g/mol. The van der Waals surface area contributed by atoms with Crippen LogP contribution in [0.2, 0.25) is 0 Å². The second kappa shape index (κ2) is 8.96. The first kappa shape index (κ1) is 17.0. The molecule has 0 unspecified atom stereocenters. The molecule has 0 aliphatic heterocycles. The predicted octanol–water partition coefficient (Wildman–Crippen LogP) is 1.11. The van der Waals surface area contributed by atoms with Gasteiger partial charge in [-0.2, -0.15) is 4.57 Å². The molecule has 0 fully saturated rings. The Bertz CT molecular complexity index is 522. The lowest BCUT2D eigenvalue weighted by atomic mass is 10.2. The summed E-state index contributed by atoms with van der Waals surface area (Å²) in [4.78, 5) is 0. The van der Waals surface area contributed by atoms with Crippen LogP contribution >= 0.6 is 0 Å². The lowest BCUT2D eigenvalue weighted by molar-refractivity contribution is -0.672. The Balaban J connectivity index is 0.00000200. The monoisotopic (exact) mass is 337 g/mol. The van der Waals surface area contributed by atoms with E-state index in [0.717, 1.165) is 25.3 Å². The van der Waals surface area contributed by atoms with E-state index >= 15 is 0 Å². The van der Waals surface area contributed by atoms with Crippen molar-refractivity contribution >= 4 is 10.9 Å². The minimum absolute atomic E-state index is 0. The molecule has 2 aromatic rings. The predicted molar refractivity (Wildman–Crippen MR) is 79.5 cm³/mol. The van der Waals surface area contributed by atoms with Gasteiger partial charge in [0.25, 0.3) is 5.52 Å². The Labute approximate surface area is 132 Å². The van der Waals surface area contributed by atoms with Crippen LogP contribution in [0, 0.1) is 0 Å². The van der Waals surface area contributed by atoms with E-state index in [-0.39, 0.29) is 17.0 Å². The quantitative estimate of drug-likeness (QED) is 0.545. The Morgan fingerprint density at radius 3 is 2.50 bits per heavy atom. The second-order valence-corrected chi connectivity index (χ2v) is 4.95. The van der Waals surface area contributed by atoms with Crippen molar-refractivity contribution < 1.29 is 26.3 Å². The fourth-order valence-corrected chi connectivity index (χ4v) is 2.26. The maximum absolute atomic E-state index is 5.96. The van der Waals surface area contributed by atoms with Crippen molar-refractivity contribution in [1.29, 1.82) is 0 Å². The molecule has 1 aromatic heterocycles. The molecule has 1 aromatic carbocycles. The zero-order valence-electron chi connectivity index (χ0n) is 12.4. The third-order valence-electron chi connectivity index (χ3n) is 3.37. The molecule has 2 rings (SSSR count). The summed E-state index contributed by atoms with van der Waals surface area (Å²) in [6.07, 6.45) is 6.85. The first-order chi connectivity index (χ1) is 9.36. The summed E-state index contributed by atoms with van der Waals surface area (Å²) < 4.78 is 8.28. The number of rotatable bonds is 7. The van der Waals surface area contributed by atoms with Crippen LogP contribution in [0.3, 0.4) is 0 Å². The van der Waals surface area contributed by atoms with E-state index in [9.17, 15) is 0 Å². The molecule has 0 saturated carbocycles. The minimum Gasteiger partial charge on any atom is -1.00 e. The van der Waals surface area contributed by atoms with Gasteiger partial charge >= 0.3 is 0 Å². The van der Waals surface area contributed by atoms with Crippen molar-refractivity contribution in [2.45, 2.75) is 46.1 Å². The van der Waals surface area contributed by atoms with Gasteiger partial charge < -0.3 is 21.7 Å². The van der Waals surface area contributed by atoms with Crippen molar-refractivity contribution in [1.82, 2.24) is 0 Å². The standard InChI is InChI=1S/C17H24NO.BrH/c1-3-5-12-18-13-8-10-15-9-7-11-16(17(15)18)19-14-6-4-2;/h7-11,13H,3-6,12,14H2,1-2H3;1H/q+1;/p-1. The van der Waals surface area contributed by atoms with Crippen LogP contribution in [0.1, 0.15) is 39.5 Å². The number of pyridine rings is 1. The largest absolute Gasteiger partial charge is 1.00 e. The summed E-state index contributed by atoms with van der Waals surface area (Å²) in [5, 5.41) is 1.26. The Kier molecular flexibility index (Phi) is 7.60. The first-order valence-corrected chi connectivity index (χ1v) is 7.40. The maximum Gasteiger partial charge on any atom is 0.254 e. The number of benzene rings is 1. The summed E-state index contributed by atoms with van der Waals surface area (Å²) in [6, 6.07) is 10.6. The smallest absolute Gasteiger partial charge is 0.254 e. The van der Waals surface area contributed by atoms with E-state index in [1.165, 1.54) is 30.2 Å². The van der Waals surface area contributed by atoms with Gasteiger partial charge in [-0.15, -0.1) is 0 Å². The summed E-state index contributed by atoms with van der Waals surface area (Å²) in [7, 11) is 0. The Morgan fingerprint density at radius 2 is 1.75 bits per heavy atom. The van der Waals surface area contributed by atoms with Crippen LogP contribution in [0.15, 0.2) is 36.5 Å². The number of aryl methyl sites for hydroxylation is 1. The van der Waals surface area contributed by atoms with Crippen molar-refractivity contribution in [2.24, 2.45) is 0 Å². The maximum atomic E-state index is 5.96. The number of halogens is 1. The van der Waals surface area contributed by atoms with Gasteiger partial charge in [0.1, 0.15) is 6.54 Å². The lowest BCUT2D eigenvalue weighted by Crippen LogP contribution is -3.00. The topological polar surface area (TPSA) is 13.1 Å². The van der Waals surface area contributed by atoms with Gasteiger partial charge in [-0.1, -0.05) is 32.8 Å². The zero-order chi connectivity index (χ0) is 13.5. The number of para-hydroxylation sites is 1. The highest BCUT2D eigenvalue weighted by atomic mass is 79.9. The molecule has 0 aliphatic carbocycles. The molecule has 0 atom stereocenters. The van der Waals surface area contributed by atoms with Crippen molar-refractivity contribution in [3.8, 4) is 5.75 Å². The molecule has 20 heavy (non-hydrogen) atoms. The van der Waals surface area contributed by atoms with Crippen molar-refractivity contribution in [2.75, 3.05) is 6.61 Å². The molecular weight excluding hydrogens is 314 g/mol. The second-order valence-electron chi connectivity index (χ2n) is 4.95. The van der Waals surface area contributed by atoms with Crippen LogP contribution in [0.5, 0.6) is 5.75 Å². The molecular formula is C17H24BrNO. The Hall–Kier alpha value is -1.09.